The van der Waals surface area contributed by atoms with Crippen LogP contribution in [-0.4, -0.2) is 29.4 Å². The number of rotatable bonds is 3. The van der Waals surface area contributed by atoms with Gasteiger partial charge in [-0.2, -0.15) is 19.7 Å². The van der Waals surface area contributed by atoms with Crippen LogP contribution in [0.5, 0.6) is 0 Å². The van der Waals surface area contributed by atoms with Crippen LogP contribution in [0.1, 0.15) is 11.3 Å². The van der Waals surface area contributed by atoms with Crippen molar-refractivity contribution < 1.29 is 0 Å². The van der Waals surface area contributed by atoms with Gasteiger partial charge in [0, 0.05) is 37.1 Å². The van der Waals surface area contributed by atoms with Gasteiger partial charge >= 0.3 is 0 Å². The molecule has 0 bridgehead atoms. The molecular weight excluding hydrogens is 230 g/mol. The predicted octanol–water partition coefficient (Wildman–Crippen LogP) is 0.778. The summed E-state index contributed by atoms with van der Waals surface area (Å²) in [6, 6.07) is 1.94. The van der Waals surface area contributed by atoms with Crippen LogP contribution in [0.15, 0.2) is 24.8 Å². The molecule has 0 atom stereocenters. The SMILES string of the molecule is Cc1cc(NCc2cnn(C)c2)n2ncnc2n1. The molecule has 0 aliphatic heterocycles. The average molecular weight is 243 g/mol. The third kappa shape index (κ3) is 1.90. The van der Waals surface area contributed by atoms with Crippen molar-refractivity contribution in [2.24, 2.45) is 7.05 Å². The van der Waals surface area contributed by atoms with Crippen molar-refractivity contribution in [3.8, 4) is 0 Å². The molecule has 0 radical (unpaired) electrons. The lowest BCUT2D eigenvalue weighted by molar-refractivity contribution is 0.767. The second-order valence-electron chi connectivity index (χ2n) is 4.13. The highest BCUT2D eigenvalue weighted by atomic mass is 15.4. The third-order valence-electron chi connectivity index (χ3n) is 2.61. The van der Waals surface area contributed by atoms with Crippen molar-refractivity contribution in [3.63, 3.8) is 0 Å². The molecule has 7 nitrogen and oxygen atoms in total. The van der Waals surface area contributed by atoms with Gasteiger partial charge in [-0.05, 0) is 6.92 Å². The second kappa shape index (κ2) is 4.10. The molecule has 18 heavy (non-hydrogen) atoms. The van der Waals surface area contributed by atoms with E-state index in [0.717, 1.165) is 17.1 Å². The molecule has 3 rings (SSSR count). The Kier molecular flexibility index (Phi) is 2.44. The molecule has 0 amide bonds. The number of hydrogen-bond donors (Lipinski definition) is 1. The van der Waals surface area contributed by atoms with Gasteiger partial charge in [-0.25, -0.2) is 4.98 Å². The zero-order chi connectivity index (χ0) is 12.5. The van der Waals surface area contributed by atoms with Crippen LogP contribution in [0.3, 0.4) is 0 Å². The van der Waals surface area contributed by atoms with E-state index in [-0.39, 0.29) is 0 Å². The van der Waals surface area contributed by atoms with Crippen molar-refractivity contribution in [1.82, 2.24) is 29.4 Å². The van der Waals surface area contributed by atoms with Crippen LogP contribution in [0.2, 0.25) is 0 Å². The summed E-state index contributed by atoms with van der Waals surface area (Å²) in [5, 5.41) is 11.6. The van der Waals surface area contributed by atoms with Crippen LogP contribution in [0, 0.1) is 6.92 Å². The number of nitrogens with zero attached hydrogens (tertiary/aromatic N) is 6. The van der Waals surface area contributed by atoms with Gasteiger partial charge < -0.3 is 5.32 Å². The van der Waals surface area contributed by atoms with E-state index in [1.807, 2.05) is 32.4 Å². The Labute approximate surface area is 103 Å². The fourth-order valence-electron chi connectivity index (χ4n) is 1.81. The Bertz CT molecular complexity index is 682. The van der Waals surface area contributed by atoms with Gasteiger partial charge in [-0.3, -0.25) is 4.68 Å². The van der Waals surface area contributed by atoms with Crippen LogP contribution in [0.4, 0.5) is 5.82 Å². The topological polar surface area (TPSA) is 72.9 Å². The van der Waals surface area contributed by atoms with Crippen LogP contribution in [0.25, 0.3) is 5.78 Å². The van der Waals surface area contributed by atoms with E-state index in [9.17, 15) is 0 Å². The monoisotopic (exact) mass is 243 g/mol. The third-order valence-corrected chi connectivity index (χ3v) is 2.61. The fourth-order valence-corrected chi connectivity index (χ4v) is 1.81. The Balaban J connectivity index is 1.87. The molecule has 3 heterocycles. The Morgan fingerprint density at radius 3 is 3.00 bits per heavy atom. The minimum atomic E-state index is 0.601. The van der Waals surface area contributed by atoms with Gasteiger partial charge in [0.2, 0.25) is 0 Å². The molecular formula is C11H13N7. The summed E-state index contributed by atoms with van der Waals surface area (Å²) in [6.07, 6.45) is 5.30. The van der Waals surface area contributed by atoms with Gasteiger partial charge in [-0.1, -0.05) is 0 Å². The lowest BCUT2D eigenvalue weighted by atomic mass is 10.3. The normalized spacial score (nSPS) is 11.0. The lowest BCUT2D eigenvalue weighted by Crippen LogP contribution is -2.06. The van der Waals surface area contributed by atoms with E-state index in [1.54, 1.807) is 9.20 Å². The molecule has 3 aromatic rings. The van der Waals surface area contributed by atoms with Gasteiger partial charge in [0.05, 0.1) is 6.20 Å². The Hall–Kier alpha value is -2.44. The van der Waals surface area contributed by atoms with Gasteiger partial charge in [0.15, 0.2) is 0 Å². The zero-order valence-electron chi connectivity index (χ0n) is 10.2. The maximum Gasteiger partial charge on any atom is 0.254 e. The van der Waals surface area contributed by atoms with Crippen molar-refractivity contribution >= 4 is 11.6 Å². The van der Waals surface area contributed by atoms with E-state index >= 15 is 0 Å². The van der Waals surface area contributed by atoms with E-state index in [0.29, 0.717) is 12.3 Å². The Morgan fingerprint density at radius 2 is 2.22 bits per heavy atom. The first-order valence-electron chi connectivity index (χ1n) is 5.61. The molecule has 0 saturated carbocycles. The Morgan fingerprint density at radius 1 is 1.33 bits per heavy atom. The first kappa shape index (κ1) is 10.7. The highest BCUT2D eigenvalue weighted by Gasteiger charge is 2.05. The summed E-state index contributed by atoms with van der Waals surface area (Å²) < 4.78 is 3.46. The average Bonchev–Trinajstić information content (AvgIpc) is 2.94. The molecule has 0 unspecified atom stereocenters. The van der Waals surface area contributed by atoms with Crippen molar-refractivity contribution in [2.45, 2.75) is 13.5 Å². The number of aryl methyl sites for hydroxylation is 2. The highest BCUT2D eigenvalue weighted by molar-refractivity contribution is 5.44. The first-order valence-corrected chi connectivity index (χ1v) is 5.61. The summed E-state index contributed by atoms with van der Waals surface area (Å²) >= 11 is 0. The van der Waals surface area contributed by atoms with Crippen LogP contribution in [-0.2, 0) is 13.6 Å². The second-order valence-corrected chi connectivity index (χ2v) is 4.13. The highest BCUT2D eigenvalue weighted by Crippen LogP contribution is 2.11. The molecule has 0 aliphatic carbocycles. The van der Waals surface area contributed by atoms with Crippen molar-refractivity contribution in [1.29, 1.82) is 0 Å². The van der Waals surface area contributed by atoms with E-state index < -0.39 is 0 Å². The summed E-state index contributed by atoms with van der Waals surface area (Å²) in [7, 11) is 1.90. The first-order chi connectivity index (χ1) is 8.72. The minimum Gasteiger partial charge on any atom is -0.366 e. The molecule has 3 aromatic heterocycles. The largest absolute Gasteiger partial charge is 0.366 e. The van der Waals surface area contributed by atoms with Gasteiger partial charge in [0.1, 0.15) is 12.1 Å². The molecule has 92 valence electrons. The van der Waals surface area contributed by atoms with Crippen LogP contribution >= 0.6 is 0 Å². The zero-order valence-corrected chi connectivity index (χ0v) is 10.2. The number of fused-ring (bicyclic) bond motifs is 1. The molecule has 1 N–H and O–H groups in total. The molecule has 0 saturated heterocycles. The van der Waals surface area contributed by atoms with Crippen LogP contribution < -0.4 is 5.32 Å². The lowest BCUT2D eigenvalue weighted by Gasteiger charge is -2.07. The number of anilines is 1. The van der Waals surface area contributed by atoms with Gasteiger partial charge in [0.25, 0.3) is 5.78 Å². The maximum atomic E-state index is 4.29. The molecule has 0 aromatic carbocycles. The van der Waals surface area contributed by atoms with E-state index in [1.165, 1.54) is 6.33 Å². The summed E-state index contributed by atoms with van der Waals surface area (Å²) in [6.45, 7) is 2.62. The summed E-state index contributed by atoms with van der Waals surface area (Å²) in [5.41, 5.74) is 2.02. The molecule has 0 aliphatic rings. The van der Waals surface area contributed by atoms with Crippen molar-refractivity contribution in [3.05, 3.63) is 36.0 Å². The maximum absolute atomic E-state index is 4.29. The number of aromatic nitrogens is 6. The van der Waals surface area contributed by atoms with Crippen molar-refractivity contribution in [2.75, 3.05) is 5.32 Å². The standard InChI is InChI=1S/C11H13N7/c1-8-3-10(18-11(16-8)13-7-15-18)12-4-9-5-14-17(2)6-9/h3,5-7,12H,4H2,1-2H3. The predicted molar refractivity (Wildman–Crippen MR) is 66.1 cm³/mol. The van der Waals surface area contributed by atoms with E-state index in [4.69, 9.17) is 0 Å². The number of hydrogen-bond acceptors (Lipinski definition) is 5. The molecule has 0 fully saturated rings. The summed E-state index contributed by atoms with van der Waals surface area (Å²) in [5.74, 6) is 1.47. The van der Waals surface area contributed by atoms with E-state index in [2.05, 4.69) is 25.5 Å². The van der Waals surface area contributed by atoms with Gasteiger partial charge in [-0.15, -0.1) is 0 Å². The minimum absolute atomic E-state index is 0.601. The smallest absolute Gasteiger partial charge is 0.254 e. The molecule has 7 heteroatoms. The summed E-state index contributed by atoms with van der Waals surface area (Å²) in [4.78, 5) is 8.37. The number of nitrogens with one attached hydrogen (secondary N) is 1. The quantitative estimate of drug-likeness (QED) is 0.736. The molecule has 0 spiro atoms. The fraction of sp³-hybridized carbons (Fsp3) is 0.273.